The van der Waals surface area contributed by atoms with Gasteiger partial charge in [0, 0.05) is 16.0 Å². The molecule has 0 fully saturated rings. The molecule has 2 amide bonds. The van der Waals surface area contributed by atoms with Crippen molar-refractivity contribution in [3.8, 4) is 0 Å². The first-order valence-corrected chi connectivity index (χ1v) is 10.6. The SMILES string of the molecule is CCOC(=O)Cc1csc(NC(=O)[C@@H](NC(=O)c2ccc(Cl)cc2)[C@@H](C)CC)n1. The maximum atomic E-state index is 12.8. The monoisotopic (exact) mass is 437 g/mol. The molecule has 0 spiro atoms. The number of hydrogen-bond acceptors (Lipinski definition) is 6. The van der Waals surface area contributed by atoms with Gasteiger partial charge in [0.05, 0.1) is 18.7 Å². The zero-order chi connectivity index (χ0) is 21.4. The zero-order valence-electron chi connectivity index (χ0n) is 16.5. The summed E-state index contributed by atoms with van der Waals surface area (Å²) in [5.41, 5.74) is 0.940. The second-order valence-corrected chi connectivity index (χ2v) is 7.75. The molecule has 0 saturated heterocycles. The van der Waals surface area contributed by atoms with Gasteiger partial charge in [0.1, 0.15) is 6.04 Å². The van der Waals surface area contributed by atoms with Gasteiger partial charge >= 0.3 is 5.97 Å². The smallest absolute Gasteiger partial charge is 0.311 e. The van der Waals surface area contributed by atoms with E-state index in [1.54, 1.807) is 36.6 Å². The van der Waals surface area contributed by atoms with Crippen LogP contribution in [-0.4, -0.2) is 35.4 Å². The lowest BCUT2D eigenvalue weighted by atomic mass is 9.98. The number of ether oxygens (including phenoxy) is 1. The van der Waals surface area contributed by atoms with Crippen LogP contribution in [0, 0.1) is 5.92 Å². The number of halogens is 1. The van der Waals surface area contributed by atoms with E-state index >= 15 is 0 Å². The molecule has 2 N–H and O–H groups in total. The van der Waals surface area contributed by atoms with Crippen molar-refractivity contribution in [2.75, 3.05) is 11.9 Å². The van der Waals surface area contributed by atoms with Crippen molar-refractivity contribution in [1.82, 2.24) is 10.3 Å². The molecule has 0 unspecified atom stereocenters. The Morgan fingerprint density at radius 3 is 2.52 bits per heavy atom. The van der Waals surface area contributed by atoms with E-state index in [-0.39, 0.29) is 30.1 Å². The molecular formula is C20H24ClN3O4S. The third-order valence-electron chi connectivity index (χ3n) is 4.30. The van der Waals surface area contributed by atoms with E-state index in [9.17, 15) is 14.4 Å². The highest BCUT2D eigenvalue weighted by Crippen LogP contribution is 2.18. The highest BCUT2D eigenvalue weighted by molar-refractivity contribution is 7.13. The van der Waals surface area contributed by atoms with Crippen molar-refractivity contribution in [2.45, 2.75) is 39.7 Å². The molecule has 1 aromatic heterocycles. The molecule has 1 aromatic carbocycles. The normalized spacial score (nSPS) is 12.7. The number of esters is 1. The predicted octanol–water partition coefficient (Wildman–Crippen LogP) is 3.69. The first-order chi connectivity index (χ1) is 13.8. The van der Waals surface area contributed by atoms with Crippen molar-refractivity contribution in [1.29, 1.82) is 0 Å². The van der Waals surface area contributed by atoms with Crippen LogP contribution in [0.5, 0.6) is 0 Å². The highest BCUT2D eigenvalue weighted by Gasteiger charge is 2.27. The molecule has 0 saturated carbocycles. The molecule has 156 valence electrons. The second-order valence-electron chi connectivity index (χ2n) is 6.46. The van der Waals surface area contributed by atoms with E-state index in [1.165, 1.54) is 11.3 Å². The molecule has 1 heterocycles. The van der Waals surface area contributed by atoms with Gasteiger partial charge in [-0.3, -0.25) is 14.4 Å². The van der Waals surface area contributed by atoms with E-state index < -0.39 is 6.04 Å². The summed E-state index contributed by atoms with van der Waals surface area (Å²) in [6.45, 7) is 5.87. The average Bonchev–Trinajstić information content (AvgIpc) is 3.12. The molecule has 0 radical (unpaired) electrons. The molecular weight excluding hydrogens is 414 g/mol. The van der Waals surface area contributed by atoms with Crippen LogP contribution in [-0.2, 0) is 20.7 Å². The number of aromatic nitrogens is 1. The number of carbonyl (C=O) groups is 3. The zero-order valence-corrected chi connectivity index (χ0v) is 18.1. The molecule has 29 heavy (non-hydrogen) atoms. The number of nitrogens with zero attached hydrogens (tertiary/aromatic N) is 1. The summed E-state index contributed by atoms with van der Waals surface area (Å²) < 4.78 is 4.90. The number of hydrogen-bond donors (Lipinski definition) is 2. The summed E-state index contributed by atoms with van der Waals surface area (Å²) >= 11 is 7.07. The van der Waals surface area contributed by atoms with Gasteiger partial charge in [-0.05, 0) is 37.1 Å². The van der Waals surface area contributed by atoms with Gasteiger partial charge in [0.25, 0.3) is 5.91 Å². The Hall–Kier alpha value is -2.45. The molecule has 0 aliphatic heterocycles. The van der Waals surface area contributed by atoms with Crippen molar-refractivity contribution in [3.63, 3.8) is 0 Å². The van der Waals surface area contributed by atoms with Gasteiger partial charge in [-0.25, -0.2) is 4.98 Å². The second kappa shape index (κ2) is 10.9. The average molecular weight is 438 g/mol. The molecule has 2 rings (SSSR count). The lowest BCUT2D eigenvalue weighted by Gasteiger charge is -2.23. The maximum absolute atomic E-state index is 12.8. The number of nitrogens with one attached hydrogen (secondary N) is 2. The number of carbonyl (C=O) groups excluding carboxylic acids is 3. The Morgan fingerprint density at radius 2 is 1.90 bits per heavy atom. The van der Waals surface area contributed by atoms with Gasteiger partial charge in [-0.15, -0.1) is 11.3 Å². The first kappa shape index (κ1) is 22.8. The van der Waals surface area contributed by atoms with E-state index in [0.717, 1.165) is 0 Å². The summed E-state index contributed by atoms with van der Waals surface area (Å²) in [7, 11) is 0. The van der Waals surface area contributed by atoms with Crippen LogP contribution in [0.1, 0.15) is 43.2 Å². The fraction of sp³-hybridized carbons (Fsp3) is 0.400. The Kier molecular flexibility index (Phi) is 8.60. The molecule has 7 nitrogen and oxygen atoms in total. The molecule has 0 bridgehead atoms. The summed E-state index contributed by atoms with van der Waals surface area (Å²) in [6, 6.07) is 5.71. The largest absolute Gasteiger partial charge is 0.466 e. The van der Waals surface area contributed by atoms with Gasteiger partial charge < -0.3 is 15.4 Å². The Morgan fingerprint density at radius 1 is 1.21 bits per heavy atom. The van der Waals surface area contributed by atoms with E-state index in [2.05, 4.69) is 15.6 Å². The Labute approximate surface area is 178 Å². The van der Waals surface area contributed by atoms with Crippen LogP contribution in [0.25, 0.3) is 0 Å². The van der Waals surface area contributed by atoms with E-state index in [1.807, 2.05) is 13.8 Å². The van der Waals surface area contributed by atoms with Gasteiger partial charge in [0.15, 0.2) is 5.13 Å². The Balaban J connectivity index is 2.05. The minimum Gasteiger partial charge on any atom is -0.466 e. The summed E-state index contributed by atoms with van der Waals surface area (Å²) in [4.78, 5) is 41.1. The third kappa shape index (κ3) is 6.83. The van der Waals surface area contributed by atoms with Crippen LogP contribution in [0.2, 0.25) is 5.02 Å². The number of thiazole rings is 1. The predicted molar refractivity (Wildman–Crippen MR) is 113 cm³/mol. The van der Waals surface area contributed by atoms with Crippen molar-refractivity contribution in [2.24, 2.45) is 5.92 Å². The molecule has 2 atom stereocenters. The van der Waals surface area contributed by atoms with Crippen molar-refractivity contribution in [3.05, 3.63) is 45.9 Å². The summed E-state index contributed by atoms with van der Waals surface area (Å²) in [6.07, 6.45) is 0.743. The summed E-state index contributed by atoms with van der Waals surface area (Å²) in [5.74, 6) is -1.18. The van der Waals surface area contributed by atoms with Gasteiger partial charge in [0.2, 0.25) is 5.91 Å². The minimum absolute atomic E-state index is 0.0440. The van der Waals surface area contributed by atoms with E-state index in [0.29, 0.717) is 34.4 Å². The van der Waals surface area contributed by atoms with Gasteiger partial charge in [-0.2, -0.15) is 0 Å². The highest BCUT2D eigenvalue weighted by atomic mass is 35.5. The van der Waals surface area contributed by atoms with Crippen LogP contribution < -0.4 is 10.6 Å². The molecule has 0 aliphatic carbocycles. The number of anilines is 1. The Bertz CT molecular complexity index is 854. The van der Waals surface area contributed by atoms with Crippen LogP contribution >= 0.6 is 22.9 Å². The van der Waals surface area contributed by atoms with Crippen LogP contribution in [0.15, 0.2) is 29.6 Å². The molecule has 0 aliphatic rings. The number of amides is 2. The third-order valence-corrected chi connectivity index (χ3v) is 5.36. The van der Waals surface area contributed by atoms with E-state index in [4.69, 9.17) is 16.3 Å². The van der Waals surface area contributed by atoms with Crippen LogP contribution in [0.3, 0.4) is 0 Å². The van der Waals surface area contributed by atoms with Crippen molar-refractivity contribution >= 4 is 45.9 Å². The molecule has 2 aromatic rings. The van der Waals surface area contributed by atoms with Gasteiger partial charge in [-0.1, -0.05) is 31.9 Å². The fourth-order valence-corrected chi connectivity index (χ4v) is 3.36. The number of benzene rings is 1. The first-order valence-electron chi connectivity index (χ1n) is 9.31. The quantitative estimate of drug-likeness (QED) is 0.583. The lowest BCUT2D eigenvalue weighted by Crippen LogP contribution is -2.47. The van der Waals surface area contributed by atoms with Crippen LogP contribution in [0.4, 0.5) is 5.13 Å². The summed E-state index contributed by atoms with van der Waals surface area (Å²) in [5, 5.41) is 8.10. The molecule has 9 heteroatoms. The standard InChI is InChI=1S/C20H24ClN3O4S/c1-4-12(3)17(23-18(26)13-6-8-14(21)9-7-13)19(27)24-20-22-15(11-29-20)10-16(25)28-5-2/h6-9,11-12,17H,4-5,10H2,1-3H3,(H,23,26)(H,22,24,27)/t12-,17-/m0/s1. The van der Waals surface area contributed by atoms with Crippen molar-refractivity contribution < 1.29 is 19.1 Å². The maximum Gasteiger partial charge on any atom is 0.311 e. The lowest BCUT2D eigenvalue weighted by molar-refractivity contribution is -0.142. The number of rotatable bonds is 9. The minimum atomic E-state index is -0.736. The fourth-order valence-electron chi connectivity index (χ4n) is 2.52. The topological polar surface area (TPSA) is 97.4 Å².